The Balaban J connectivity index is 1.68. The molecular formula is C16H24N4O3. The normalized spacial score (nSPS) is 31.3. The van der Waals surface area contributed by atoms with Crippen molar-refractivity contribution in [2.24, 2.45) is 16.7 Å². The second-order valence-electron chi connectivity index (χ2n) is 7.76. The van der Waals surface area contributed by atoms with Crippen LogP contribution in [0.4, 0.5) is 5.82 Å². The number of nitrogens with one attached hydrogen (secondary N) is 1. The largest absolute Gasteiger partial charge is 0.381 e. The van der Waals surface area contributed by atoms with E-state index >= 15 is 0 Å². The van der Waals surface area contributed by atoms with Gasteiger partial charge in [-0.3, -0.25) is 9.36 Å². The van der Waals surface area contributed by atoms with E-state index in [0.717, 1.165) is 12.8 Å². The van der Waals surface area contributed by atoms with Crippen molar-refractivity contribution in [3.63, 3.8) is 0 Å². The fourth-order valence-electron chi connectivity index (χ4n) is 4.56. The standard InChI is InChI=1S/C16H24N4O3/c1-10-17-13(20(22)23)8-19(10)9-14(21)18-12-7-11-5-6-16(12,4)15(11,2)3/h8,11-12H,5-7,9H2,1-4H3,(H,18,21). The summed E-state index contributed by atoms with van der Waals surface area (Å²) in [6, 6.07) is 0.183. The molecule has 2 bridgehead atoms. The Hall–Kier alpha value is -1.92. The summed E-state index contributed by atoms with van der Waals surface area (Å²) in [5.41, 5.74) is 0.373. The number of nitrogens with zero attached hydrogens (tertiary/aromatic N) is 3. The van der Waals surface area contributed by atoms with Crippen LogP contribution in [0, 0.1) is 33.8 Å². The molecular weight excluding hydrogens is 296 g/mol. The number of aryl methyl sites for hydroxylation is 1. The monoisotopic (exact) mass is 320 g/mol. The Bertz CT molecular complexity index is 666. The van der Waals surface area contributed by atoms with Crippen LogP contribution in [0.5, 0.6) is 0 Å². The summed E-state index contributed by atoms with van der Waals surface area (Å²) in [6.07, 6.45) is 4.73. The summed E-state index contributed by atoms with van der Waals surface area (Å²) in [7, 11) is 0. The maximum atomic E-state index is 12.4. The first kappa shape index (κ1) is 16.0. The van der Waals surface area contributed by atoms with Crippen LogP contribution in [0.1, 0.15) is 45.9 Å². The highest BCUT2D eigenvalue weighted by atomic mass is 16.6. The van der Waals surface area contributed by atoms with Crippen LogP contribution < -0.4 is 5.32 Å². The molecule has 0 aromatic carbocycles. The molecule has 1 heterocycles. The molecule has 1 aromatic rings. The van der Waals surface area contributed by atoms with E-state index in [9.17, 15) is 14.9 Å². The number of hydrogen-bond acceptors (Lipinski definition) is 4. The molecule has 0 spiro atoms. The number of rotatable bonds is 4. The van der Waals surface area contributed by atoms with Crippen LogP contribution in [-0.2, 0) is 11.3 Å². The molecule has 23 heavy (non-hydrogen) atoms. The van der Waals surface area contributed by atoms with Crippen molar-refractivity contribution in [3.05, 3.63) is 22.1 Å². The third-order valence-corrected chi connectivity index (χ3v) is 6.59. The molecule has 0 aliphatic heterocycles. The SMILES string of the molecule is Cc1nc([N+](=O)[O-])cn1CC(=O)NC1CC2CCC1(C)C2(C)C. The molecule has 7 heteroatoms. The lowest BCUT2D eigenvalue weighted by Gasteiger charge is -2.39. The molecule has 1 N–H and O–H groups in total. The Labute approximate surface area is 135 Å². The zero-order chi connectivity index (χ0) is 17.0. The molecule has 3 unspecified atom stereocenters. The van der Waals surface area contributed by atoms with E-state index in [4.69, 9.17) is 0 Å². The Morgan fingerprint density at radius 2 is 2.22 bits per heavy atom. The summed E-state index contributed by atoms with van der Waals surface area (Å²) < 4.78 is 1.54. The number of hydrogen-bond donors (Lipinski definition) is 1. The molecule has 126 valence electrons. The fourth-order valence-corrected chi connectivity index (χ4v) is 4.56. The molecule has 2 aliphatic rings. The molecule has 2 saturated carbocycles. The average Bonchev–Trinajstić information content (AvgIpc) is 2.97. The zero-order valence-electron chi connectivity index (χ0n) is 14.1. The summed E-state index contributed by atoms with van der Waals surface area (Å²) in [6.45, 7) is 8.63. The van der Waals surface area contributed by atoms with Gasteiger partial charge in [0.2, 0.25) is 11.7 Å². The van der Waals surface area contributed by atoms with E-state index in [2.05, 4.69) is 31.1 Å². The smallest absolute Gasteiger partial charge is 0.358 e. The van der Waals surface area contributed by atoms with Crippen molar-refractivity contribution >= 4 is 11.7 Å². The summed E-state index contributed by atoms with van der Waals surface area (Å²) in [4.78, 5) is 26.5. The first-order valence-electron chi connectivity index (χ1n) is 8.12. The minimum absolute atomic E-state index is 0.0738. The summed E-state index contributed by atoms with van der Waals surface area (Å²) in [5.74, 6) is 0.818. The van der Waals surface area contributed by atoms with E-state index in [0.29, 0.717) is 11.7 Å². The van der Waals surface area contributed by atoms with Crippen LogP contribution in [0.25, 0.3) is 0 Å². The van der Waals surface area contributed by atoms with Gasteiger partial charge in [-0.25, -0.2) is 0 Å². The third-order valence-electron chi connectivity index (χ3n) is 6.59. The van der Waals surface area contributed by atoms with Gasteiger partial charge >= 0.3 is 5.82 Å². The van der Waals surface area contributed by atoms with Crippen molar-refractivity contribution in [1.29, 1.82) is 0 Å². The van der Waals surface area contributed by atoms with Gasteiger partial charge in [-0.15, -0.1) is 0 Å². The lowest BCUT2D eigenvalue weighted by Crippen LogP contribution is -2.47. The molecule has 1 amide bonds. The lowest BCUT2D eigenvalue weighted by atomic mass is 9.69. The highest BCUT2D eigenvalue weighted by Gasteiger charge is 2.61. The summed E-state index contributed by atoms with van der Waals surface area (Å²) in [5, 5.41) is 13.9. The lowest BCUT2D eigenvalue weighted by molar-refractivity contribution is -0.389. The number of carbonyl (C=O) groups is 1. The van der Waals surface area contributed by atoms with Crippen molar-refractivity contribution in [1.82, 2.24) is 14.9 Å². The quantitative estimate of drug-likeness (QED) is 0.681. The minimum Gasteiger partial charge on any atom is -0.358 e. The van der Waals surface area contributed by atoms with Gasteiger partial charge in [0, 0.05) is 13.0 Å². The van der Waals surface area contributed by atoms with E-state index in [1.165, 1.54) is 17.2 Å². The van der Waals surface area contributed by atoms with Crippen LogP contribution in [-0.4, -0.2) is 26.4 Å². The van der Waals surface area contributed by atoms with Gasteiger partial charge in [0.1, 0.15) is 12.7 Å². The molecule has 3 atom stereocenters. The Morgan fingerprint density at radius 1 is 1.52 bits per heavy atom. The predicted molar refractivity (Wildman–Crippen MR) is 84.8 cm³/mol. The predicted octanol–water partition coefficient (Wildman–Crippen LogP) is 2.43. The second-order valence-corrected chi connectivity index (χ2v) is 7.76. The zero-order valence-corrected chi connectivity index (χ0v) is 14.1. The van der Waals surface area contributed by atoms with Crippen LogP contribution >= 0.6 is 0 Å². The number of fused-ring (bicyclic) bond motifs is 2. The van der Waals surface area contributed by atoms with Gasteiger partial charge in [-0.05, 0) is 45.9 Å². The van der Waals surface area contributed by atoms with Crippen LogP contribution in [0.3, 0.4) is 0 Å². The number of carbonyl (C=O) groups excluding carboxylic acids is 1. The van der Waals surface area contributed by atoms with E-state index in [-0.39, 0.29) is 35.1 Å². The van der Waals surface area contributed by atoms with Gasteiger partial charge in [0.05, 0.1) is 0 Å². The summed E-state index contributed by atoms with van der Waals surface area (Å²) >= 11 is 0. The molecule has 7 nitrogen and oxygen atoms in total. The average molecular weight is 320 g/mol. The molecule has 0 radical (unpaired) electrons. The van der Waals surface area contributed by atoms with Crippen LogP contribution in [0.15, 0.2) is 6.20 Å². The second kappa shape index (κ2) is 5.04. The topological polar surface area (TPSA) is 90.1 Å². The maximum Gasteiger partial charge on any atom is 0.381 e. The van der Waals surface area contributed by atoms with Crippen LogP contribution in [0.2, 0.25) is 0 Å². The molecule has 3 rings (SSSR count). The highest BCUT2D eigenvalue weighted by Crippen LogP contribution is 2.65. The molecule has 0 saturated heterocycles. The first-order chi connectivity index (χ1) is 10.6. The first-order valence-corrected chi connectivity index (χ1v) is 8.12. The number of nitro groups is 1. The number of imidazole rings is 1. The van der Waals surface area contributed by atoms with Gasteiger partial charge in [-0.2, -0.15) is 0 Å². The van der Waals surface area contributed by atoms with E-state index < -0.39 is 4.92 Å². The van der Waals surface area contributed by atoms with E-state index in [1.807, 2.05) is 0 Å². The van der Waals surface area contributed by atoms with Crippen molar-refractivity contribution < 1.29 is 9.72 Å². The molecule has 1 aromatic heterocycles. The van der Waals surface area contributed by atoms with E-state index in [1.54, 1.807) is 6.92 Å². The van der Waals surface area contributed by atoms with Gasteiger partial charge in [0.25, 0.3) is 0 Å². The van der Waals surface area contributed by atoms with Gasteiger partial charge in [-0.1, -0.05) is 20.8 Å². The fraction of sp³-hybridized carbons (Fsp3) is 0.750. The maximum absolute atomic E-state index is 12.4. The third kappa shape index (κ3) is 2.33. The number of aromatic nitrogens is 2. The Morgan fingerprint density at radius 3 is 2.70 bits per heavy atom. The molecule has 2 aliphatic carbocycles. The molecule has 2 fully saturated rings. The minimum atomic E-state index is -0.541. The van der Waals surface area contributed by atoms with Gasteiger partial charge < -0.3 is 15.4 Å². The number of amides is 1. The van der Waals surface area contributed by atoms with Gasteiger partial charge in [0.15, 0.2) is 0 Å². The Kier molecular flexibility index (Phi) is 3.50. The van der Waals surface area contributed by atoms with Crippen molar-refractivity contribution in [2.45, 2.75) is 59.5 Å². The van der Waals surface area contributed by atoms with Crippen molar-refractivity contribution in [3.8, 4) is 0 Å². The highest BCUT2D eigenvalue weighted by molar-refractivity contribution is 5.76. The van der Waals surface area contributed by atoms with Crippen molar-refractivity contribution in [2.75, 3.05) is 0 Å².